The van der Waals surface area contributed by atoms with Crippen molar-refractivity contribution in [1.29, 1.82) is 0 Å². The van der Waals surface area contributed by atoms with Gasteiger partial charge in [-0.3, -0.25) is 10.1 Å². The molecule has 0 saturated heterocycles. The fraction of sp³-hybridized carbons (Fsp3) is 0.545. The Morgan fingerprint density at radius 3 is 2.82 bits per heavy atom. The number of anilines is 1. The van der Waals surface area contributed by atoms with Crippen LogP contribution in [0.3, 0.4) is 0 Å². The first-order valence-electron chi connectivity index (χ1n) is 5.58. The smallest absolute Gasteiger partial charge is 0.234 e. The van der Waals surface area contributed by atoms with Gasteiger partial charge in [-0.1, -0.05) is 24.4 Å². The Labute approximate surface area is 105 Å². The van der Waals surface area contributed by atoms with Gasteiger partial charge in [-0.2, -0.15) is 4.98 Å². The van der Waals surface area contributed by atoms with Gasteiger partial charge in [-0.05, 0) is 12.8 Å². The average molecular weight is 256 g/mol. The second-order valence-corrected chi connectivity index (χ2v) is 4.41. The van der Waals surface area contributed by atoms with E-state index in [0.29, 0.717) is 5.88 Å². The molecule has 0 atom stereocenters. The van der Waals surface area contributed by atoms with E-state index in [2.05, 4.69) is 15.3 Å². The van der Waals surface area contributed by atoms with E-state index in [0.717, 1.165) is 25.7 Å². The summed E-state index contributed by atoms with van der Waals surface area (Å²) in [6.07, 6.45) is 4.09. The Kier molecular flexibility index (Phi) is 3.78. The van der Waals surface area contributed by atoms with Gasteiger partial charge in [0.1, 0.15) is 5.15 Å². The van der Waals surface area contributed by atoms with Gasteiger partial charge in [0, 0.05) is 12.0 Å². The van der Waals surface area contributed by atoms with E-state index in [1.165, 1.54) is 13.2 Å². The lowest BCUT2D eigenvalue weighted by Gasteiger charge is -2.09. The van der Waals surface area contributed by atoms with Gasteiger partial charge in [0.15, 0.2) is 0 Å². The quantitative estimate of drug-likeness (QED) is 0.842. The zero-order chi connectivity index (χ0) is 12.3. The first kappa shape index (κ1) is 12.1. The summed E-state index contributed by atoms with van der Waals surface area (Å²) < 4.78 is 4.96. The van der Waals surface area contributed by atoms with Crippen LogP contribution >= 0.6 is 11.6 Å². The number of carbonyl (C=O) groups excluding carboxylic acids is 1. The van der Waals surface area contributed by atoms with Crippen LogP contribution in [0, 0.1) is 5.92 Å². The molecule has 1 saturated carbocycles. The van der Waals surface area contributed by atoms with Gasteiger partial charge in [-0.25, -0.2) is 4.98 Å². The third kappa shape index (κ3) is 3.06. The van der Waals surface area contributed by atoms with Gasteiger partial charge >= 0.3 is 0 Å². The van der Waals surface area contributed by atoms with E-state index in [-0.39, 0.29) is 22.9 Å². The molecule has 0 spiro atoms. The van der Waals surface area contributed by atoms with Gasteiger partial charge in [0.25, 0.3) is 0 Å². The van der Waals surface area contributed by atoms with Crippen molar-refractivity contribution in [2.45, 2.75) is 25.7 Å². The summed E-state index contributed by atoms with van der Waals surface area (Å²) in [6, 6.07) is 1.49. The van der Waals surface area contributed by atoms with Crippen LogP contribution in [0.2, 0.25) is 5.15 Å². The molecule has 5 nitrogen and oxygen atoms in total. The number of carbonyl (C=O) groups is 1. The van der Waals surface area contributed by atoms with Crippen molar-refractivity contribution in [2.75, 3.05) is 12.4 Å². The first-order chi connectivity index (χ1) is 8.19. The minimum absolute atomic E-state index is 0.0354. The fourth-order valence-electron chi connectivity index (χ4n) is 1.96. The summed E-state index contributed by atoms with van der Waals surface area (Å²) in [6.45, 7) is 0. The van der Waals surface area contributed by atoms with Crippen LogP contribution in [0.1, 0.15) is 25.7 Å². The van der Waals surface area contributed by atoms with Crippen molar-refractivity contribution in [3.8, 4) is 5.88 Å². The molecule has 6 heteroatoms. The second kappa shape index (κ2) is 5.31. The summed E-state index contributed by atoms with van der Waals surface area (Å²) in [4.78, 5) is 19.8. The van der Waals surface area contributed by atoms with Crippen LogP contribution in [0.15, 0.2) is 6.07 Å². The molecule has 1 N–H and O–H groups in total. The molecule has 0 unspecified atom stereocenters. The van der Waals surface area contributed by atoms with E-state index in [1.807, 2.05) is 0 Å². The molecule has 0 aliphatic heterocycles. The molecule has 0 bridgehead atoms. The molecule has 92 valence electrons. The molecule has 1 amide bonds. The molecule has 1 aromatic heterocycles. The summed E-state index contributed by atoms with van der Waals surface area (Å²) in [5, 5.41) is 2.92. The maximum absolute atomic E-state index is 11.9. The standard InChI is InChI=1S/C11H14ClN3O2/c1-17-9-6-8(12)13-11(14-9)15-10(16)7-4-2-3-5-7/h6-7H,2-5H2,1H3,(H,13,14,15,16). The molecular formula is C11H14ClN3O2. The molecule has 1 aliphatic carbocycles. The minimum atomic E-state index is -0.0354. The Bertz CT molecular complexity index is 419. The van der Waals surface area contributed by atoms with Gasteiger partial charge in [0.2, 0.25) is 17.7 Å². The highest BCUT2D eigenvalue weighted by molar-refractivity contribution is 6.29. The highest BCUT2D eigenvalue weighted by Gasteiger charge is 2.23. The molecule has 2 rings (SSSR count). The number of ether oxygens (including phenoxy) is 1. The number of methoxy groups -OCH3 is 1. The molecule has 1 aromatic rings. The monoisotopic (exact) mass is 255 g/mol. The normalized spacial score (nSPS) is 15.9. The van der Waals surface area contributed by atoms with Crippen LogP contribution in [0.4, 0.5) is 5.95 Å². The van der Waals surface area contributed by atoms with Crippen molar-refractivity contribution < 1.29 is 9.53 Å². The van der Waals surface area contributed by atoms with Crippen LogP contribution in [-0.4, -0.2) is 23.0 Å². The molecule has 0 radical (unpaired) electrons. The second-order valence-electron chi connectivity index (χ2n) is 4.03. The third-order valence-corrected chi connectivity index (χ3v) is 3.04. The van der Waals surface area contributed by atoms with Crippen LogP contribution in [-0.2, 0) is 4.79 Å². The molecule has 1 heterocycles. The Balaban J connectivity index is 2.06. The zero-order valence-electron chi connectivity index (χ0n) is 9.57. The lowest BCUT2D eigenvalue weighted by molar-refractivity contribution is -0.119. The SMILES string of the molecule is COc1cc(Cl)nc(NC(=O)C2CCCC2)n1. The predicted octanol–water partition coefficient (Wildman–Crippen LogP) is 2.27. The van der Waals surface area contributed by atoms with Crippen molar-refractivity contribution in [3.05, 3.63) is 11.2 Å². The van der Waals surface area contributed by atoms with Crippen LogP contribution in [0.25, 0.3) is 0 Å². The van der Waals surface area contributed by atoms with Crippen LogP contribution < -0.4 is 10.1 Å². The van der Waals surface area contributed by atoms with E-state index >= 15 is 0 Å². The lowest BCUT2D eigenvalue weighted by atomic mass is 10.1. The number of nitrogens with zero attached hydrogens (tertiary/aromatic N) is 2. The maximum Gasteiger partial charge on any atom is 0.234 e. The molecule has 0 aromatic carbocycles. The minimum Gasteiger partial charge on any atom is -0.481 e. The van der Waals surface area contributed by atoms with Gasteiger partial charge < -0.3 is 4.74 Å². The lowest BCUT2D eigenvalue weighted by Crippen LogP contribution is -2.21. The molecule has 17 heavy (non-hydrogen) atoms. The highest BCUT2D eigenvalue weighted by atomic mass is 35.5. The van der Waals surface area contributed by atoms with Gasteiger partial charge in [-0.15, -0.1) is 0 Å². The van der Waals surface area contributed by atoms with Crippen molar-refractivity contribution in [3.63, 3.8) is 0 Å². The van der Waals surface area contributed by atoms with E-state index in [9.17, 15) is 4.79 Å². The number of amides is 1. The number of halogens is 1. The Morgan fingerprint density at radius 1 is 1.47 bits per heavy atom. The maximum atomic E-state index is 11.9. The number of aromatic nitrogens is 2. The van der Waals surface area contributed by atoms with E-state index in [4.69, 9.17) is 16.3 Å². The van der Waals surface area contributed by atoms with E-state index < -0.39 is 0 Å². The number of nitrogens with one attached hydrogen (secondary N) is 1. The van der Waals surface area contributed by atoms with Crippen LogP contribution in [0.5, 0.6) is 5.88 Å². The average Bonchev–Trinajstić information content (AvgIpc) is 2.81. The third-order valence-electron chi connectivity index (χ3n) is 2.84. The van der Waals surface area contributed by atoms with Crippen molar-refractivity contribution in [1.82, 2.24) is 9.97 Å². The molecule has 1 fully saturated rings. The summed E-state index contributed by atoms with van der Waals surface area (Å²) in [5.41, 5.74) is 0. The Hall–Kier alpha value is -1.36. The summed E-state index contributed by atoms with van der Waals surface area (Å²) >= 11 is 5.79. The molecular weight excluding hydrogens is 242 g/mol. The number of rotatable bonds is 3. The topological polar surface area (TPSA) is 64.1 Å². The van der Waals surface area contributed by atoms with Gasteiger partial charge in [0.05, 0.1) is 7.11 Å². The highest BCUT2D eigenvalue weighted by Crippen LogP contribution is 2.26. The first-order valence-corrected chi connectivity index (χ1v) is 5.96. The van der Waals surface area contributed by atoms with E-state index in [1.54, 1.807) is 0 Å². The Morgan fingerprint density at radius 2 is 2.18 bits per heavy atom. The fourth-order valence-corrected chi connectivity index (χ4v) is 2.13. The molecule has 1 aliphatic rings. The largest absolute Gasteiger partial charge is 0.481 e. The zero-order valence-corrected chi connectivity index (χ0v) is 10.3. The van der Waals surface area contributed by atoms with Crippen molar-refractivity contribution >= 4 is 23.5 Å². The number of hydrogen-bond donors (Lipinski definition) is 1. The predicted molar refractivity (Wildman–Crippen MR) is 64.2 cm³/mol. The van der Waals surface area contributed by atoms with Crippen molar-refractivity contribution in [2.24, 2.45) is 5.92 Å². The summed E-state index contributed by atoms with van der Waals surface area (Å²) in [7, 11) is 1.49. The number of hydrogen-bond acceptors (Lipinski definition) is 4. The summed E-state index contributed by atoms with van der Waals surface area (Å²) in [5.74, 6) is 0.577.